The molecule has 0 saturated carbocycles. The van der Waals surface area contributed by atoms with Crippen molar-refractivity contribution in [2.24, 2.45) is 0 Å². The van der Waals surface area contributed by atoms with Crippen LogP contribution in [0.5, 0.6) is 0 Å². The number of aromatic nitrogens is 1. The minimum atomic E-state index is -4.33. The minimum absolute atomic E-state index is 0.388. The highest BCUT2D eigenvalue weighted by atomic mass is 19.4. The molecule has 2 rings (SSSR count). The number of nitrogens with zero attached hydrogens (tertiary/aromatic N) is 1. The zero-order valence-electron chi connectivity index (χ0n) is 7.45. The average molecular weight is 213 g/mol. The smallest absolute Gasteiger partial charge is 0.416 e. The van der Waals surface area contributed by atoms with E-state index < -0.39 is 11.7 Å². The van der Waals surface area contributed by atoms with E-state index in [4.69, 9.17) is 4.42 Å². The van der Waals surface area contributed by atoms with Gasteiger partial charge in [0.15, 0.2) is 6.39 Å². The van der Waals surface area contributed by atoms with Crippen LogP contribution in [0.1, 0.15) is 5.56 Å². The Morgan fingerprint density at radius 2 is 2.00 bits per heavy atom. The van der Waals surface area contributed by atoms with E-state index in [0.717, 1.165) is 12.1 Å². The Bertz CT molecular complexity index is 448. The fraction of sp³-hybridized carbons (Fsp3) is 0.100. The molecule has 1 heterocycles. The van der Waals surface area contributed by atoms with Crippen LogP contribution in [0.3, 0.4) is 0 Å². The Balaban J connectivity index is 2.44. The zero-order chi connectivity index (χ0) is 10.9. The third-order valence-corrected chi connectivity index (χ3v) is 1.92. The summed E-state index contributed by atoms with van der Waals surface area (Å²) >= 11 is 0. The average Bonchev–Trinajstić information content (AvgIpc) is 2.69. The molecule has 1 aromatic heterocycles. The van der Waals surface area contributed by atoms with Gasteiger partial charge in [-0.25, -0.2) is 4.98 Å². The first kappa shape index (κ1) is 9.76. The molecule has 0 fully saturated rings. The van der Waals surface area contributed by atoms with Gasteiger partial charge in [-0.15, -0.1) is 0 Å². The number of alkyl halides is 3. The summed E-state index contributed by atoms with van der Waals surface area (Å²) in [6.07, 6.45) is -1.86. The van der Waals surface area contributed by atoms with Crippen LogP contribution in [0, 0.1) is 0 Å². The topological polar surface area (TPSA) is 26.0 Å². The maximum atomic E-state index is 12.4. The molecule has 0 bridgehead atoms. The molecule has 0 unspecified atom stereocenters. The van der Waals surface area contributed by atoms with Crippen molar-refractivity contribution in [1.29, 1.82) is 0 Å². The van der Waals surface area contributed by atoms with Crippen molar-refractivity contribution in [3.8, 4) is 11.3 Å². The van der Waals surface area contributed by atoms with Gasteiger partial charge >= 0.3 is 6.18 Å². The van der Waals surface area contributed by atoms with Crippen LogP contribution in [-0.2, 0) is 6.18 Å². The summed E-state index contributed by atoms with van der Waals surface area (Å²) in [5.74, 6) is 0. The molecule has 0 radical (unpaired) electrons. The molecular weight excluding hydrogens is 207 g/mol. The zero-order valence-corrected chi connectivity index (χ0v) is 7.45. The van der Waals surface area contributed by atoms with Gasteiger partial charge in [-0.3, -0.25) is 0 Å². The predicted octanol–water partition coefficient (Wildman–Crippen LogP) is 3.36. The molecule has 0 saturated heterocycles. The van der Waals surface area contributed by atoms with Gasteiger partial charge in [0.25, 0.3) is 0 Å². The Kier molecular flexibility index (Phi) is 2.22. The fourth-order valence-corrected chi connectivity index (χ4v) is 1.21. The SMILES string of the molecule is FC(F)(F)c1cccc(-c2cocn2)c1. The largest absolute Gasteiger partial charge is 0.451 e. The van der Waals surface area contributed by atoms with Gasteiger partial charge in [0, 0.05) is 5.56 Å². The molecule has 0 amide bonds. The van der Waals surface area contributed by atoms with Crippen molar-refractivity contribution in [2.75, 3.05) is 0 Å². The molecule has 5 heteroatoms. The highest BCUT2D eigenvalue weighted by molar-refractivity contribution is 5.58. The molecule has 0 spiro atoms. The Labute approximate surface area is 83.4 Å². The third kappa shape index (κ3) is 2.01. The van der Waals surface area contributed by atoms with Crippen LogP contribution in [0.2, 0.25) is 0 Å². The van der Waals surface area contributed by atoms with E-state index in [2.05, 4.69) is 4.98 Å². The molecule has 0 aliphatic heterocycles. The monoisotopic (exact) mass is 213 g/mol. The number of hydrogen-bond acceptors (Lipinski definition) is 2. The van der Waals surface area contributed by atoms with Crippen molar-refractivity contribution in [3.63, 3.8) is 0 Å². The Morgan fingerprint density at radius 3 is 2.60 bits per heavy atom. The van der Waals surface area contributed by atoms with E-state index in [1.54, 1.807) is 6.07 Å². The molecule has 15 heavy (non-hydrogen) atoms. The second kappa shape index (κ2) is 3.42. The van der Waals surface area contributed by atoms with E-state index >= 15 is 0 Å². The Hall–Kier alpha value is -1.78. The molecule has 2 aromatic rings. The highest BCUT2D eigenvalue weighted by Gasteiger charge is 2.30. The molecule has 0 N–H and O–H groups in total. The standard InChI is InChI=1S/C10H6F3NO/c11-10(12,13)8-3-1-2-7(4-8)9-5-15-6-14-9/h1-6H. The van der Waals surface area contributed by atoms with Gasteiger partial charge < -0.3 is 4.42 Å². The van der Waals surface area contributed by atoms with Crippen molar-refractivity contribution in [1.82, 2.24) is 4.98 Å². The maximum Gasteiger partial charge on any atom is 0.416 e. The van der Waals surface area contributed by atoms with Gasteiger partial charge in [-0.1, -0.05) is 12.1 Å². The van der Waals surface area contributed by atoms with E-state index in [0.29, 0.717) is 11.3 Å². The first-order chi connectivity index (χ1) is 7.07. The first-order valence-electron chi connectivity index (χ1n) is 4.13. The summed E-state index contributed by atoms with van der Waals surface area (Å²) in [5.41, 5.74) is 0.0858. The van der Waals surface area contributed by atoms with Crippen molar-refractivity contribution in [2.45, 2.75) is 6.18 Å². The van der Waals surface area contributed by atoms with Gasteiger partial charge in [0.05, 0.1) is 5.56 Å². The molecular formula is C10H6F3NO. The van der Waals surface area contributed by atoms with Crippen molar-refractivity contribution in [3.05, 3.63) is 42.5 Å². The van der Waals surface area contributed by atoms with Crippen molar-refractivity contribution >= 4 is 0 Å². The second-order valence-corrected chi connectivity index (χ2v) is 2.95. The summed E-state index contributed by atoms with van der Waals surface area (Å²) in [4.78, 5) is 3.78. The molecule has 1 aromatic carbocycles. The minimum Gasteiger partial charge on any atom is -0.451 e. The van der Waals surface area contributed by atoms with Crippen LogP contribution in [0.25, 0.3) is 11.3 Å². The number of hydrogen-bond donors (Lipinski definition) is 0. The molecule has 0 atom stereocenters. The quantitative estimate of drug-likeness (QED) is 0.725. The van der Waals surface area contributed by atoms with Crippen LogP contribution >= 0.6 is 0 Å². The summed E-state index contributed by atoms with van der Waals surface area (Å²) < 4.78 is 41.8. The lowest BCUT2D eigenvalue weighted by molar-refractivity contribution is -0.137. The van der Waals surface area contributed by atoms with Crippen LogP contribution in [-0.4, -0.2) is 4.98 Å². The van der Waals surface area contributed by atoms with E-state index in [1.807, 2.05) is 0 Å². The molecule has 0 aliphatic carbocycles. The summed E-state index contributed by atoms with van der Waals surface area (Å²) in [5, 5.41) is 0. The van der Waals surface area contributed by atoms with Gasteiger partial charge in [0.2, 0.25) is 0 Å². The lowest BCUT2D eigenvalue weighted by atomic mass is 10.1. The van der Waals surface area contributed by atoms with E-state index in [-0.39, 0.29) is 0 Å². The maximum absolute atomic E-state index is 12.4. The molecule has 78 valence electrons. The van der Waals surface area contributed by atoms with E-state index in [1.165, 1.54) is 18.7 Å². The van der Waals surface area contributed by atoms with Crippen LogP contribution < -0.4 is 0 Å². The number of halogens is 3. The van der Waals surface area contributed by atoms with Gasteiger partial charge in [-0.05, 0) is 12.1 Å². The Morgan fingerprint density at radius 1 is 1.20 bits per heavy atom. The van der Waals surface area contributed by atoms with Crippen molar-refractivity contribution < 1.29 is 17.6 Å². The fourth-order valence-electron chi connectivity index (χ4n) is 1.21. The summed E-state index contributed by atoms with van der Waals surface area (Å²) in [6.45, 7) is 0. The number of benzene rings is 1. The van der Waals surface area contributed by atoms with Crippen LogP contribution in [0.15, 0.2) is 41.3 Å². The second-order valence-electron chi connectivity index (χ2n) is 2.95. The van der Waals surface area contributed by atoms with E-state index in [9.17, 15) is 13.2 Å². The lowest BCUT2D eigenvalue weighted by Crippen LogP contribution is -2.04. The molecule has 0 aliphatic rings. The lowest BCUT2D eigenvalue weighted by Gasteiger charge is -2.06. The summed E-state index contributed by atoms with van der Waals surface area (Å²) in [6, 6.07) is 4.95. The highest BCUT2D eigenvalue weighted by Crippen LogP contribution is 2.31. The van der Waals surface area contributed by atoms with Gasteiger partial charge in [0.1, 0.15) is 12.0 Å². The van der Waals surface area contributed by atoms with Gasteiger partial charge in [-0.2, -0.15) is 13.2 Å². The summed E-state index contributed by atoms with van der Waals surface area (Å²) in [7, 11) is 0. The number of rotatable bonds is 1. The van der Waals surface area contributed by atoms with Crippen LogP contribution in [0.4, 0.5) is 13.2 Å². The molecule has 2 nitrogen and oxygen atoms in total. The predicted molar refractivity (Wildman–Crippen MR) is 46.9 cm³/mol. The number of oxazole rings is 1. The first-order valence-corrected chi connectivity index (χ1v) is 4.13. The third-order valence-electron chi connectivity index (χ3n) is 1.92. The normalized spacial score (nSPS) is 11.7.